The second kappa shape index (κ2) is 9.00. The average Bonchev–Trinajstić information content (AvgIpc) is 3.02. The Kier molecular flexibility index (Phi) is 6.64. The van der Waals surface area contributed by atoms with E-state index in [0.717, 1.165) is 35.8 Å². The Morgan fingerprint density at radius 2 is 1.90 bits per heavy atom. The number of nitrogens with one attached hydrogen (secondary N) is 1. The van der Waals surface area contributed by atoms with Crippen LogP contribution in [0.5, 0.6) is 0 Å². The zero-order valence-electron chi connectivity index (χ0n) is 17.7. The first kappa shape index (κ1) is 21.4. The smallest absolute Gasteiger partial charge is 0.223 e. The first-order valence-electron chi connectivity index (χ1n) is 9.89. The van der Waals surface area contributed by atoms with E-state index in [1.165, 1.54) is 23.8 Å². The standard InChI is InChI=1S/C21H29N5O2S/c1-13-6-18(7-14(2)23-13)8-19-11-25(15(3)10-26(19)17(5)28)12-20-9-22-21(29-20)24-16(4)27/h6-7,9,15,19H,8,10-12H2,1-5H3,(H,22,24,27)/t15-,19?/m0/s1. The third-order valence-corrected chi connectivity index (χ3v) is 6.08. The number of carbonyl (C=O) groups is 2. The summed E-state index contributed by atoms with van der Waals surface area (Å²) in [5.74, 6) is 0.00655. The normalized spacial score (nSPS) is 20.0. The van der Waals surface area contributed by atoms with Crippen LogP contribution in [0.1, 0.15) is 42.6 Å². The highest BCUT2D eigenvalue weighted by atomic mass is 32.1. The van der Waals surface area contributed by atoms with Crippen LogP contribution in [0.4, 0.5) is 5.13 Å². The van der Waals surface area contributed by atoms with E-state index in [-0.39, 0.29) is 23.9 Å². The van der Waals surface area contributed by atoms with E-state index < -0.39 is 0 Å². The number of hydrogen-bond acceptors (Lipinski definition) is 6. The molecule has 1 saturated heterocycles. The largest absolute Gasteiger partial charge is 0.337 e. The quantitative estimate of drug-likeness (QED) is 0.812. The van der Waals surface area contributed by atoms with Gasteiger partial charge in [0.2, 0.25) is 11.8 Å². The van der Waals surface area contributed by atoms with Gasteiger partial charge in [0.15, 0.2) is 5.13 Å². The molecule has 8 heteroatoms. The monoisotopic (exact) mass is 415 g/mol. The molecule has 2 aromatic rings. The Labute approximate surface area is 176 Å². The molecule has 3 rings (SSSR count). The number of anilines is 1. The van der Waals surface area contributed by atoms with Crippen molar-refractivity contribution < 1.29 is 9.59 Å². The van der Waals surface area contributed by atoms with Crippen molar-refractivity contribution in [3.8, 4) is 0 Å². The van der Waals surface area contributed by atoms with Crippen LogP contribution in [0, 0.1) is 13.8 Å². The summed E-state index contributed by atoms with van der Waals surface area (Å²) in [7, 11) is 0. The van der Waals surface area contributed by atoms with E-state index in [9.17, 15) is 9.59 Å². The molecule has 2 atom stereocenters. The minimum Gasteiger partial charge on any atom is -0.337 e. The van der Waals surface area contributed by atoms with Gasteiger partial charge >= 0.3 is 0 Å². The highest BCUT2D eigenvalue weighted by molar-refractivity contribution is 7.15. The number of pyridine rings is 1. The Balaban J connectivity index is 1.75. The Hall–Kier alpha value is -2.32. The average molecular weight is 416 g/mol. The molecule has 0 aliphatic carbocycles. The van der Waals surface area contributed by atoms with Gasteiger partial charge in [0, 0.05) is 68.0 Å². The van der Waals surface area contributed by atoms with Crippen LogP contribution in [0.2, 0.25) is 0 Å². The van der Waals surface area contributed by atoms with Crippen LogP contribution in [0.25, 0.3) is 0 Å². The highest BCUT2D eigenvalue weighted by Crippen LogP contribution is 2.25. The van der Waals surface area contributed by atoms with Crippen molar-refractivity contribution in [2.24, 2.45) is 0 Å². The lowest BCUT2D eigenvalue weighted by atomic mass is 9.99. The summed E-state index contributed by atoms with van der Waals surface area (Å²) in [6.45, 7) is 11.6. The first-order valence-corrected chi connectivity index (χ1v) is 10.7. The summed E-state index contributed by atoms with van der Waals surface area (Å²) in [5.41, 5.74) is 3.22. The van der Waals surface area contributed by atoms with Crippen molar-refractivity contribution in [3.05, 3.63) is 40.2 Å². The molecule has 0 aromatic carbocycles. The molecule has 0 spiro atoms. The van der Waals surface area contributed by atoms with Gasteiger partial charge in [0.25, 0.3) is 0 Å². The van der Waals surface area contributed by atoms with Crippen molar-refractivity contribution in [2.45, 2.75) is 59.7 Å². The predicted molar refractivity (Wildman–Crippen MR) is 115 cm³/mol. The minimum absolute atomic E-state index is 0.114. The summed E-state index contributed by atoms with van der Waals surface area (Å²) < 4.78 is 0. The van der Waals surface area contributed by atoms with Gasteiger partial charge in [-0.2, -0.15) is 0 Å². The Morgan fingerprint density at radius 1 is 1.21 bits per heavy atom. The van der Waals surface area contributed by atoms with Crippen molar-refractivity contribution in [2.75, 3.05) is 18.4 Å². The van der Waals surface area contributed by atoms with Gasteiger partial charge in [0.05, 0.1) is 0 Å². The maximum Gasteiger partial charge on any atom is 0.223 e. The molecule has 1 N–H and O–H groups in total. The van der Waals surface area contributed by atoms with Crippen molar-refractivity contribution >= 4 is 28.3 Å². The number of amides is 2. The lowest BCUT2D eigenvalue weighted by molar-refractivity contribution is -0.135. The van der Waals surface area contributed by atoms with Crippen molar-refractivity contribution in [1.82, 2.24) is 19.8 Å². The molecular formula is C21H29N5O2S. The van der Waals surface area contributed by atoms with E-state index in [4.69, 9.17) is 0 Å². The van der Waals surface area contributed by atoms with Crippen LogP contribution in [-0.2, 0) is 22.6 Å². The summed E-state index contributed by atoms with van der Waals surface area (Å²) in [6, 6.07) is 4.59. The predicted octanol–water partition coefficient (Wildman–Crippen LogP) is 2.78. The van der Waals surface area contributed by atoms with Gasteiger partial charge in [0.1, 0.15) is 0 Å². The Morgan fingerprint density at radius 3 is 2.52 bits per heavy atom. The molecule has 0 saturated carbocycles. The maximum atomic E-state index is 12.3. The van der Waals surface area contributed by atoms with Gasteiger partial charge in [-0.05, 0) is 44.9 Å². The van der Waals surface area contributed by atoms with Crippen LogP contribution in [0.15, 0.2) is 18.3 Å². The fraction of sp³-hybridized carbons (Fsp3) is 0.524. The number of hydrogen-bond donors (Lipinski definition) is 1. The lowest BCUT2D eigenvalue weighted by Gasteiger charge is -2.45. The fourth-order valence-corrected chi connectivity index (χ4v) is 4.86. The number of aryl methyl sites for hydroxylation is 2. The fourth-order valence-electron chi connectivity index (χ4n) is 3.98. The number of thiazole rings is 1. The SMILES string of the molecule is CC(=O)Nc1ncc(CN2CC(Cc3cc(C)nc(C)c3)N(C(C)=O)C[C@@H]2C)s1. The van der Waals surface area contributed by atoms with E-state index in [1.54, 1.807) is 6.92 Å². The number of piperazine rings is 1. The highest BCUT2D eigenvalue weighted by Gasteiger charge is 2.33. The number of rotatable bonds is 5. The summed E-state index contributed by atoms with van der Waals surface area (Å²) in [5, 5.41) is 3.37. The molecule has 156 valence electrons. The van der Waals surface area contributed by atoms with Gasteiger partial charge in [-0.15, -0.1) is 11.3 Å². The first-order chi connectivity index (χ1) is 13.7. The van der Waals surface area contributed by atoms with E-state index in [1.807, 2.05) is 24.9 Å². The number of carbonyl (C=O) groups excluding carboxylic acids is 2. The van der Waals surface area contributed by atoms with Crippen LogP contribution >= 0.6 is 11.3 Å². The summed E-state index contributed by atoms with van der Waals surface area (Å²) in [6.07, 6.45) is 2.64. The molecule has 29 heavy (non-hydrogen) atoms. The van der Waals surface area contributed by atoms with Crippen LogP contribution < -0.4 is 5.32 Å². The summed E-state index contributed by atoms with van der Waals surface area (Å²) >= 11 is 1.50. The second-order valence-corrected chi connectivity index (χ2v) is 8.99. The van der Waals surface area contributed by atoms with Gasteiger partial charge in [-0.1, -0.05) is 0 Å². The molecule has 1 unspecified atom stereocenters. The third-order valence-electron chi connectivity index (χ3n) is 5.18. The van der Waals surface area contributed by atoms with Crippen LogP contribution in [0.3, 0.4) is 0 Å². The van der Waals surface area contributed by atoms with Gasteiger partial charge < -0.3 is 10.2 Å². The molecule has 1 aliphatic heterocycles. The summed E-state index contributed by atoms with van der Waals surface area (Å²) in [4.78, 5) is 37.8. The molecule has 7 nitrogen and oxygen atoms in total. The molecule has 2 amide bonds. The van der Waals surface area contributed by atoms with Crippen LogP contribution in [-0.4, -0.2) is 56.8 Å². The zero-order chi connectivity index (χ0) is 21.1. The topological polar surface area (TPSA) is 78.4 Å². The molecule has 1 aliphatic rings. The molecule has 3 heterocycles. The number of aromatic nitrogens is 2. The van der Waals surface area contributed by atoms with E-state index in [2.05, 4.69) is 39.2 Å². The molecule has 0 radical (unpaired) electrons. The second-order valence-electron chi connectivity index (χ2n) is 7.88. The van der Waals surface area contributed by atoms with E-state index >= 15 is 0 Å². The Bertz CT molecular complexity index is 877. The molecule has 2 aromatic heterocycles. The van der Waals surface area contributed by atoms with E-state index in [0.29, 0.717) is 11.7 Å². The zero-order valence-corrected chi connectivity index (χ0v) is 18.5. The van der Waals surface area contributed by atoms with Gasteiger partial charge in [-0.25, -0.2) is 4.98 Å². The molecule has 1 fully saturated rings. The van der Waals surface area contributed by atoms with Gasteiger partial charge in [-0.3, -0.25) is 19.5 Å². The molecule has 0 bridgehead atoms. The third kappa shape index (κ3) is 5.61. The van der Waals surface area contributed by atoms with Crippen molar-refractivity contribution in [1.29, 1.82) is 0 Å². The maximum absolute atomic E-state index is 12.3. The molecular weight excluding hydrogens is 386 g/mol. The lowest BCUT2D eigenvalue weighted by Crippen LogP contribution is -2.58. The minimum atomic E-state index is -0.114. The number of nitrogens with zero attached hydrogens (tertiary/aromatic N) is 4. The van der Waals surface area contributed by atoms with Crippen molar-refractivity contribution in [3.63, 3.8) is 0 Å².